The number of carbonyl (C=O) groups excluding carboxylic acids is 1. The van der Waals surface area contributed by atoms with Crippen LogP contribution in [0.4, 0.5) is 9.39 Å². The first-order chi connectivity index (χ1) is 10.0. The number of halogens is 1. The molecule has 5 heteroatoms. The Morgan fingerprint density at radius 1 is 1.38 bits per heavy atom. The van der Waals surface area contributed by atoms with Crippen LogP contribution in [-0.4, -0.2) is 5.91 Å². The molecule has 106 valence electrons. The third-order valence-electron chi connectivity index (χ3n) is 3.05. The minimum absolute atomic E-state index is 0.340. The number of aryl methyl sites for hydroxylation is 1. The van der Waals surface area contributed by atoms with Crippen LogP contribution < -0.4 is 5.32 Å². The first-order valence-corrected chi connectivity index (χ1v) is 7.08. The van der Waals surface area contributed by atoms with Crippen molar-refractivity contribution < 1.29 is 9.18 Å². The van der Waals surface area contributed by atoms with Gasteiger partial charge < -0.3 is 5.32 Å². The summed E-state index contributed by atoms with van der Waals surface area (Å²) in [7, 11) is 0. The summed E-state index contributed by atoms with van der Waals surface area (Å²) in [5, 5.41) is 12.3. The van der Waals surface area contributed by atoms with Crippen LogP contribution in [0.3, 0.4) is 0 Å². The Labute approximate surface area is 126 Å². The van der Waals surface area contributed by atoms with Crippen LogP contribution in [0.5, 0.6) is 0 Å². The molecule has 0 fully saturated rings. The summed E-state index contributed by atoms with van der Waals surface area (Å²) in [5.41, 5.74) is 1.69. The number of hydrogen-bond donors (Lipinski definition) is 1. The van der Waals surface area contributed by atoms with Crippen LogP contribution in [0.25, 0.3) is 6.08 Å². The lowest BCUT2D eigenvalue weighted by molar-refractivity contribution is -0.111. The molecular weight excluding hydrogens is 287 g/mol. The lowest BCUT2D eigenvalue weighted by atomic mass is 10.2. The molecule has 0 aliphatic heterocycles. The average Bonchev–Trinajstić information content (AvgIpc) is 2.72. The van der Waals surface area contributed by atoms with Gasteiger partial charge in [0, 0.05) is 16.5 Å². The fourth-order valence-electron chi connectivity index (χ4n) is 1.78. The number of benzene rings is 1. The molecule has 0 aliphatic rings. The van der Waals surface area contributed by atoms with Crippen LogP contribution >= 0.6 is 11.3 Å². The largest absolute Gasteiger partial charge is 0.313 e. The fraction of sp³-hybridized carbons (Fsp3) is 0.125. The molecule has 0 saturated heterocycles. The lowest BCUT2D eigenvalue weighted by Crippen LogP contribution is -2.07. The number of nitrogens with one attached hydrogen (secondary N) is 1. The van der Waals surface area contributed by atoms with Gasteiger partial charge in [0.25, 0.3) is 0 Å². The molecule has 2 aromatic rings. The predicted octanol–water partition coefficient (Wildman–Crippen LogP) is 4.03. The standard InChI is InChI=1S/C16H13FN2OS/c1-10-11(2)21-16(13(10)9-18)19-15(20)8-7-12-5-3-4-6-14(12)17/h3-8H,1-2H3,(H,19,20)/b8-7+. The van der Waals surface area contributed by atoms with E-state index < -0.39 is 5.91 Å². The highest BCUT2D eigenvalue weighted by Crippen LogP contribution is 2.31. The molecule has 1 aromatic carbocycles. The number of hydrogen-bond acceptors (Lipinski definition) is 3. The molecule has 0 atom stereocenters. The van der Waals surface area contributed by atoms with Crippen molar-refractivity contribution in [2.24, 2.45) is 0 Å². The summed E-state index contributed by atoms with van der Waals surface area (Å²) < 4.78 is 13.4. The summed E-state index contributed by atoms with van der Waals surface area (Å²) in [6.07, 6.45) is 2.66. The Hall–Kier alpha value is -2.45. The van der Waals surface area contributed by atoms with Gasteiger partial charge in [0.15, 0.2) is 0 Å². The molecule has 2 rings (SSSR count). The Morgan fingerprint density at radius 3 is 2.76 bits per heavy atom. The molecule has 0 unspecified atom stereocenters. The number of amides is 1. The molecule has 0 radical (unpaired) electrons. The van der Waals surface area contributed by atoms with E-state index in [0.29, 0.717) is 16.1 Å². The highest BCUT2D eigenvalue weighted by Gasteiger charge is 2.13. The van der Waals surface area contributed by atoms with Crippen molar-refractivity contribution in [1.82, 2.24) is 0 Å². The zero-order valence-electron chi connectivity index (χ0n) is 11.6. The van der Waals surface area contributed by atoms with Crippen LogP contribution in [0, 0.1) is 31.0 Å². The summed E-state index contributed by atoms with van der Waals surface area (Å²) in [5.74, 6) is -0.780. The molecule has 0 spiro atoms. The third kappa shape index (κ3) is 3.36. The SMILES string of the molecule is Cc1sc(NC(=O)/C=C/c2ccccc2F)c(C#N)c1C. The monoisotopic (exact) mass is 300 g/mol. The number of carbonyl (C=O) groups is 1. The first kappa shape index (κ1) is 14.9. The number of rotatable bonds is 3. The smallest absolute Gasteiger partial charge is 0.249 e. The molecule has 0 saturated carbocycles. The van der Waals surface area contributed by atoms with Crippen LogP contribution in [0.15, 0.2) is 30.3 Å². The van der Waals surface area contributed by atoms with Gasteiger partial charge >= 0.3 is 0 Å². The summed E-state index contributed by atoms with van der Waals surface area (Å²) >= 11 is 1.36. The van der Waals surface area contributed by atoms with Crippen molar-refractivity contribution >= 4 is 28.3 Å². The van der Waals surface area contributed by atoms with E-state index in [-0.39, 0.29) is 5.82 Å². The van der Waals surface area contributed by atoms with Crippen molar-refractivity contribution in [3.05, 3.63) is 57.7 Å². The Bertz CT molecular complexity index is 756. The second-order valence-corrected chi connectivity index (χ2v) is 5.67. The number of thiophene rings is 1. The van der Waals surface area contributed by atoms with E-state index in [4.69, 9.17) is 5.26 Å². The van der Waals surface area contributed by atoms with E-state index in [9.17, 15) is 9.18 Å². The first-order valence-electron chi connectivity index (χ1n) is 6.26. The number of anilines is 1. The van der Waals surface area contributed by atoms with Gasteiger partial charge in [-0.15, -0.1) is 11.3 Å². The van der Waals surface area contributed by atoms with Gasteiger partial charge in [-0.1, -0.05) is 18.2 Å². The maximum absolute atomic E-state index is 13.4. The van der Waals surface area contributed by atoms with E-state index in [1.165, 1.54) is 29.6 Å². The Balaban J connectivity index is 2.15. The van der Waals surface area contributed by atoms with Gasteiger partial charge in [0.1, 0.15) is 16.9 Å². The predicted molar refractivity (Wildman–Crippen MR) is 82.6 cm³/mol. The second kappa shape index (κ2) is 6.33. The average molecular weight is 300 g/mol. The van der Waals surface area contributed by atoms with E-state index in [2.05, 4.69) is 11.4 Å². The van der Waals surface area contributed by atoms with Crippen LogP contribution in [0.1, 0.15) is 21.6 Å². The van der Waals surface area contributed by atoms with Gasteiger partial charge in [-0.05, 0) is 31.6 Å². The van der Waals surface area contributed by atoms with Crippen molar-refractivity contribution in [2.75, 3.05) is 5.32 Å². The Kier molecular flexibility index (Phi) is 4.51. The molecule has 3 nitrogen and oxygen atoms in total. The molecule has 1 heterocycles. The Morgan fingerprint density at radius 2 is 2.10 bits per heavy atom. The third-order valence-corrected chi connectivity index (χ3v) is 4.18. The van der Waals surface area contributed by atoms with Crippen molar-refractivity contribution in [3.8, 4) is 6.07 Å². The molecule has 1 aromatic heterocycles. The zero-order valence-corrected chi connectivity index (χ0v) is 12.4. The van der Waals surface area contributed by atoms with Gasteiger partial charge in [-0.3, -0.25) is 4.79 Å². The molecule has 1 N–H and O–H groups in total. The molecular formula is C16H13FN2OS. The number of nitrogens with zero attached hydrogens (tertiary/aromatic N) is 1. The molecule has 1 amide bonds. The van der Waals surface area contributed by atoms with Crippen molar-refractivity contribution in [1.29, 1.82) is 5.26 Å². The quantitative estimate of drug-likeness (QED) is 0.870. The van der Waals surface area contributed by atoms with E-state index in [1.54, 1.807) is 18.2 Å². The van der Waals surface area contributed by atoms with E-state index in [0.717, 1.165) is 10.4 Å². The summed E-state index contributed by atoms with van der Waals surface area (Å²) in [6, 6.07) is 8.28. The molecule has 0 bridgehead atoms. The zero-order chi connectivity index (χ0) is 15.4. The van der Waals surface area contributed by atoms with Crippen LogP contribution in [-0.2, 0) is 4.79 Å². The van der Waals surface area contributed by atoms with Crippen molar-refractivity contribution in [3.63, 3.8) is 0 Å². The normalized spacial score (nSPS) is 10.6. The summed E-state index contributed by atoms with van der Waals surface area (Å²) in [6.45, 7) is 3.74. The summed E-state index contributed by atoms with van der Waals surface area (Å²) in [4.78, 5) is 12.8. The van der Waals surface area contributed by atoms with Gasteiger partial charge in [-0.25, -0.2) is 4.39 Å². The molecule has 21 heavy (non-hydrogen) atoms. The van der Waals surface area contributed by atoms with Crippen LogP contribution in [0.2, 0.25) is 0 Å². The van der Waals surface area contributed by atoms with Gasteiger partial charge in [0.2, 0.25) is 5.91 Å². The molecule has 0 aliphatic carbocycles. The number of nitriles is 1. The van der Waals surface area contributed by atoms with E-state index >= 15 is 0 Å². The van der Waals surface area contributed by atoms with Crippen molar-refractivity contribution in [2.45, 2.75) is 13.8 Å². The van der Waals surface area contributed by atoms with Gasteiger partial charge in [0.05, 0.1) is 5.56 Å². The maximum atomic E-state index is 13.4. The highest BCUT2D eigenvalue weighted by molar-refractivity contribution is 7.16. The minimum atomic E-state index is -0.393. The highest BCUT2D eigenvalue weighted by atomic mass is 32.1. The second-order valence-electron chi connectivity index (χ2n) is 4.44. The topological polar surface area (TPSA) is 52.9 Å². The lowest BCUT2D eigenvalue weighted by Gasteiger charge is -1.99. The fourth-order valence-corrected chi connectivity index (χ4v) is 2.79. The van der Waals surface area contributed by atoms with Gasteiger partial charge in [-0.2, -0.15) is 5.26 Å². The minimum Gasteiger partial charge on any atom is -0.313 e. The maximum Gasteiger partial charge on any atom is 0.249 e. The van der Waals surface area contributed by atoms with E-state index in [1.807, 2.05) is 13.8 Å².